The molecule has 2 saturated carbocycles. The van der Waals surface area contributed by atoms with Crippen LogP contribution in [0.2, 0.25) is 0 Å². The molecule has 8 N–H and O–H groups in total. The number of esters is 2. The summed E-state index contributed by atoms with van der Waals surface area (Å²) < 4.78 is 13.5. The van der Waals surface area contributed by atoms with Gasteiger partial charge in [0.2, 0.25) is 0 Å². The van der Waals surface area contributed by atoms with Crippen LogP contribution in [0.4, 0.5) is 0 Å². The number of carbonyl (C=O) groups is 2. The van der Waals surface area contributed by atoms with Crippen LogP contribution >= 0.6 is 0 Å². The molecule has 13 atom stereocenters. The minimum absolute atomic E-state index is 0.0370. The summed E-state index contributed by atoms with van der Waals surface area (Å²) in [5.41, 5.74) is 8.17. The maximum Gasteiger partial charge on any atom is 0.340 e. The summed E-state index contributed by atoms with van der Waals surface area (Å²) in [5.74, 6) is 6.98. The maximum atomic E-state index is 15.4. The molecule has 434 valence electrons. The average molecular weight is 1120 g/mol. The second-order valence-electron chi connectivity index (χ2n) is 26.3. The topological polar surface area (TPSA) is 182 Å². The number of carbonyl (C=O) groups excluding carboxylic acids is 2. The number of allylic oxidation sites excluding steroid dienone is 5. The number of phenols is 1. The van der Waals surface area contributed by atoms with Gasteiger partial charge < -0.3 is 51.2 Å². The molecule has 13 unspecified atom stereocenters. The fourth-order valence-corrected chi connectivity index (χ4v) is 17.6. The summed E-state index contributed by atoms with van der Waals surface area (Å²) in [6, 6.07) is 33.3. The first-order chi connectivity index (χ1) is 40.4. The summed E-state index contributed by atoms with van der Waals surface area (Å²) in [7, 11) is 2.03. The van der Waals surface area contributed by atoms with E-state index in [0.29, 0.717) is 80.2 Å². The highest BCUT2D eigenvalue weighted by molar-refractivity contribution is 6.07. The maximum absolute atomic E-state index is 15.4. The third-order valence-corrected chi connectivity index (χ3v) is 21.3. The van der Waals surface area contributed by atoms with E-state index < -0.39 is 22.9 Å². The minimum Gasteiger partial charge on any atom is -0.508 e. The number of nitrogens with one attached hydrogen (secondary N) is 4. The number of piperidine rings is 1. The Morgan fingerprint density at radius 1 is 0.843 bits per heavy atom. The lowest BCUT2D eigenvalue weighted by molar-refractivity contribution is -0.135. The number of fused-ring (bicyclic) bond motifs is 5. The molecule has 0 radical (unpaired) electrons. The zero-order valence-corrected chi connectivity index (χ0v) is 48.2. The smallest absolute Gasteiger partial charge is 0.340 e. The average Bonchev–Trinajstić information content (AvgIpc) is 1.90. The molecule has 6 heterocycles. The van der Waals surface area contributed by atoms with Crippen LogP contribution in [0.1, 0.15) is 118 Å². The number of phenolic OH excluding ortho intramolecular Hbond substituents is 1. The van der Waals surface area contributed by atoms with E-state index in [9.17, 15) is 20.4 Å². The molecule has 4 aromatic rings. The first-order valence-electron chi connectivity index (χ1n) is 31.0. The van der Waals surface area contributed by atoms with Crippen molar-refractivity contribution in [2.75, 3.05) is 39.9 Å². The number of rotatable bonds is 8. The van der Waals surface area contributed by atoms with Crippen LogP contribution in [0, 0.1) is 70.0 Å². The minimum atomic E-state index is -1.09. The van der Waals surface area contributed by atoms with Gasteiger partial charge in [-0.05, 0) is 226 Å². The molecule has 12 nitrogen and oxygen atoms in total. The molecular formula is C71H82N4O8. The molecule has 11 aliphatic rings. The summed E-state index contributed by atoms with van der Waals surface area (Å²) in [4.78, 5) is 30.7. The van der Waals surface area contributed by atoms with Crippen LogP contribution in [0.15, 0.2) is 137 Å². The van der Waals surface area contributed by atoms with Crippen molar-refractivity contribution in [3.8, 4) is 28.7 Å². The summed E-state index contributed by atoms with van der Waals surface area (Å²) in [6.07, 6.45) is 14.7. The predicted octanol–water partition coefficient (Wildman–Crippen LogP) is 9.75. The molecule has 12 heteroatoms. The van der Waals surface area contributed by atoms with Crippen LogP contribution in [0.25, 0.3) is 16.7 Å². The Bertz CT molecular complexity index is 3350. The number of β-amino-alcohol motifs (C(OH)–C–C–N with tert-alkyl or cyclic N) is 1. The Hall–Kier alpha value is -6.14. The van der Waals surface area contributed by atoms with E-state index >= 15 is 9.59 Å². The Morgan fingerprint density at radius 2 is 1.70 bits per heavy atom. The van der Waals surface area contributed by atoms with Crippen molar-refractivity contribution in [1.82, 2.24) is 21.3 Å². The largest absolute Gasteiger partial charge is 0.508 e. The Morgan fingerprint density at radius 3 is 2.54 bits per heavy atom. The molecule has 0 amide bonds. The SMILES string of the molecule is CNC1CC(C23CC=C4OC(=O)C5=C4CCC4C6CCC7(C(=CC(CCO)Cc8ccccc8)OC(=O)C7=C6c6cc(O)ccc6-c6cccc(c6)CNCCc6cccc(c6)C6NCC(C)(O)CC#CC(CO)CC(C2)C6C3)C54)CCN1. The highest BCUT2D eigenvalue weighted by atomic mass is 16.6. The first kappa shape index (κ1) is 56.0. The second-order valence-corrected chi connectivity index (χ2v) is 26.3. The molecule has 2 saturated heterocycles. The number of ether oxygens (including phenoxy) is 2. The monoisotopic (exact) mass is 1120 g/mol. The molecule has 6 aliphatic heterocycles. The van der Waals surface area contributed by atoms with Gasteiger partial charge in [-0.3, -0.25) is 0 Å². The van der Waals surface area contributed by atoms with E-state index in [1.54, 1.807) is 6.07 Å². The van der Waals surface area contributed by atoms with E-state index in [1.165, 1.54) is 11.1 Å². The number of hydrogen-bond acceptors (Lipinski definition) is 12. The molecule has 1 spiro atoms. The molecule has 0 aromatic heterocycles. The van der Waals surface area contributed by atoms with Crippen molar-refractivity contribution < 1.29 is 39.5 Å². The van der Waals surface area contributed by atoms with Gasteiger partial charge in [0.1, 0.15) is 17.3 Å². The molecule has 4 fully saturated rings. The van der Waals surface area contributed by atoms with Gasteiger partial charge in [0, 0.05) is 55.1 Å². The van der Waals surface area contributed by atoms with Crippen LogP contribution < -0.4 is 21.3 Å². The first-order valence-corrected chi connectivity index (χ1v) is 31.0. The van der Waals surface area contributed by atoms with Gasteiger partial charge in [-0.25, -0.2) is 9.59 Å². The fraction of sp³-hybridized carbons (Fsp3) is 0.493. The summed E-state index contributed by atoms with van der Waals surface area (Å²) in [5, 5.41) is 60.0. The second kappa shape index (κ2) is 23.0. The highest BCUT2D eigenvalue weighted by Gasteiger charge is 2.69. The third kappa shape index (κ3) is 10.5. The van der Waals surface area contributed by atoms with Gasteiger partial charge in [-0.2, -0.15) is 0 Å². The Kier molecular flexibility index (Phi) is 15.5. The number of cyclic esters (lactones) is 1. The lowest BCUT2D eigenvalue weighted by Crippen LogP contribution is -2.52. The Labute approximate surface area is 489 Å². The molecule has 15 rings (SSSR count). The number of benzene rings is 4. The van der Waals surface area contributed by atoms with E-state index in [2.05, 4.69) is 106 Å². The summed E-state index contributed by atoms with van der Waals surface area (Å²) >= 11 is 0. The van der Waals surface area contributed by atoms with Crippen molar-refractivity contribution in [2.45, 2.75) is 121 Å². The molecular weight excluding hydrogens is 1040 g/mol. The molecule has 14 bridgehead atoms. The summed E-state index contributed by atoms with van der Waals surface area (Å²) in [6.45, 7) is 4.39. The zero-order valence-electron chi connectivity index (χ0n) is 48.2. The number of aliphatic hydroxyl groups is 3. The molecule has 5 aliphatic carbocycles. The Balaban J connectivity index is 0.997. The predicted molar refractivity (Wildman–Crippen MR) is 320 cm³/mol. The number of aromatic hydroxyl groups is 1. The van der Waals surface area contributed by atoms with Gasteiger partial charge >= 0.3 is 11.9 Å². The van der Waals surface area contributed by atoms with Gasteiger partial charge in [0.15, 0.2) is 0 Å². The van der Waals surface area contributed by atoms with E-state index in [0.717, 1.165) is 103 Å². The van der Waals surface area contributed by atoms with Crippen LogP contribution in [0.5, 0.6) is 5.75 Å². The lowest BCUT2D eigenvalue weighted by Gasteiger charge is -2.56. The normalized spacial score (nSPS) is 33.9. The number of hydrogen-bond donors (Lipinski definition) is 8. The van der Waals surface area contributed by atoms with Gasteiger partial charge in [-0.15, -0.1) is 0 Å². The molecule has 83 heavy (non-hydrogen) atoms. The lowest BCUT2D eigenvalue weighted by atomic mass is 9.44. The highest BCUT2D eigenvalue weighted by Crippen LogP contribution is 2.72. The van der Waals surface area contributed by atoms with Crippen molar-refractivity contribution in [3.63, 3.8) is 0 Å². The third-order valence-electron chi connectivity index (χ3n) is 21.3. The zero-order chi connectivity index (χ0) is 57.0. The fourth-order valence-electron chi connectivity index (χ4n) is 17.6. The van der Waals surface area contributed by atoms with Crippen molar-refractivity contribution >= 4 is 17.5 Å². The van der Waals surface area contributed by atoms with Gasteiger partial charge in [0.05, 0.1) is 29.4 Å². The van der Waals surface area contributed by atoms with Gasteiger partial charge in [0.25, 0.3) is 0 Å². The molecule has 4 aromatic carbocycles. The van der Waals surface area contributed by atoms with Crippen LogP contribution in [-0.4, -0.2) is 84.0 Å². The quantitative estimate of drug-likeness (QED) is 0.0619. The van der Waals surface area contributed by atoms with Crippen molar-refractivity contribution in [1.29, 1.82) is 0 Å². The number of aliphatic hydroxyl groups excluding tert-OH is 2. The van der Waals surface area contributed by atoms with Crippen molar-refractivity contribution in [2.24, 2.45) is 58.2 Å². The van der Waals surface area contributed by atoms with E-state index in [4.69, 9.17) is 9.47 Å². The van der Waals surface area contributed by atoms with E-state index in [-0.39, 0.29) is 78.1 Å². The van der Waals surface area contributed by atoms with Gasteiger partial charge in [-0.1, -0.05) is 90.7 Å². The van der Waals surface area contributed by atoms with E-state index in [1.807, 2.05) is 44.3 Å². The van der Waals surface area contributed by atoms with Crippen molar-refractivity contribution in [3.05, 3.63) is 165 Å². The van der Waals surface area contributed by atoms with Crippen LogP contribution in [-0.2, 0) is 38.4 Å². The van der Waals surface area contributed by atoms with Crippen LogP contribution in [0.3, 0.4) is 0 Å². The standard InChI is InChI=1S/C71H82N4O8/c1-69(81)25-8-13-47(41-77)34-50-38-70(51-23-29-74-61(36-51)72-2)26-21-59-56-19-18-55-54-20-27-71(64(55)63(56)67(79)82-59)60(35-45(24-30-76)31-43-9-4-3-5-10-43)83-68(80)65(71)62(54)57-37-52(78)16-17-53(57)48-14-7-12-46(33-48)40-73-28-22-44-11-6-15-49(32-44)66(75-42-69)58(50)39-70/h3-7,9-12,14-17,21,32-33,35,37,45,47,50-51,54-55,58,61,64,66,72-78,81H,18-20,22-31,34,36,38-42H2,1-2H3.